The number of alkyl halides is 6. The van der Waals surface area contributed by atoms with Crippen molar-refractivity contribution in [3.63, 3.8) is 0 Å². The first kappa shape index (κ1) is 63.7. The Labute approximate surface area is 499 Å². The monoisotopic (exact) mass is 1270 g/mol. The molecule has 0 spiro atoms. The van der Waals surface area contributed by atoms with E-state index < -0.39 is 99.2 Å². The van der Waals surface area contributed by atoms with E-state index in [1.54, 1.807) is 43.6 Å². The highest BCUT2D eigenvalue weighted by Gasteiger charge is 2.39. The number of rotatable bonds is 12. The Kier molecular flexibility index (Phi) is 18.9. The van der Waals surface area contributed by atoms with Gasteiger partial charge in [-0.1, -0.05) is 49.2 Å². The fourth-order valence-corrected chi connectivity index (χ4v) is 10.5. The average Bonchev–Trinajstić information content (AvgIpc) is 1.72. The van der Waals surface area contributed by atoms with E-state index in [1.807, 2.05) is 17.9 Å². The molecular weight excluding hydrogens is 1210 g/mol. The van der Waals surface area contributed by atoms with Gasteiger partial charge in [0.2, 0.25) is 23.4 Å². The third-order valence-corrected chi connectivity index (χ3v) is 14.6. The molecule has 4 aliphatic heterocycles. The lowest BCUT2D eigenvalue weighted by Crippen LogP contribution is -2.51. The first-order chi connectivity index (χ1) is 41.1. The predicted octanol–water partition coefficient (Wildman–Crippen LogP) is 6.67. The summed E-state index contributed by atoms with van der Waals surface area (Å²) >= 11 is 11.7. The first-order valence-corrected chi connectivity index (χ1v) is 28.1. The number of pyridine rings is 2. The molecule has 10 rings (SSSR count). The predicted molar refractivity (Wildman–Crippen MR) is 301 cm³/mol. The molecule has 0 atom stereocenters. The van der Waals surface area contributed by atoms with E-state index in [9.17, 15) is 59.1 Å². The van der Waals surface area contributed by atoms with Crippen molar-refractivity contribution in [2.75, 3.05) is 99.2 Å². The maximum Gasteiger partial charge on any atom is 0.436 e. The first-order valence-electron chi connectivity index (χ1n) is 27.4. The number of nitrogens with zero attached hydrogens (tertiary/aromatic N) is 13. The van der Waals surface area contributed by atoms with Gasteiger partial charge in [-0.05, 0) is 57.6 Å². The summed E-state index contributed by atoms with van der Waals surface area (Å²) < 4.78 is 128. The summed E-state index contributed by atoms with van der Waals surface area (Å²) in [6.45, 7) is 13.1. The lowest BCUT2D eigenvalue weighted by molar-refractivity contribution is -0.144. The van der Waals surface area contributed by atoms with Gasteiger partial charge < -0.3 is 54.0 Å². The van der Waals surface area contributed by atoms with E-state index >= 15 is 0 Å². The van der Waals surface area contributed by atoms with Gasteiger partial charge in [-0.25, -0.2) is 23.5 Å². The Morgan fingerprint density at radius 3 is 1.43 bits per heavy atom. The number of carbonyl (C=O) groups excluding carboxylic acids is 3. The molecule has 24 nitrogen and oxygen atoms in total. The van der Waals surface area contributed by atoms with Crippen LogP contribution in [-0.2, 0) is 62.1 Å². The van der Waals surface area contributed by atoms with Crippen LogP contribution in [-0.4, -0.2) is 155 Å². The lowest BCUT2D eigenvalue weighted by atomic mass is 10.1. The molecule has 0 saturated carbocycles. The molecule has 6 aromatic heterocycles. The molecule has 34 heteroatoms. The molecule has 3 amide bonds. The van der Waals surface area contributed by atoms with Crippen molar-refractivity contribution in [1.29, 1.82) is 0 Å². The van der Waals surface area contributed by atoms with E-state index in [0.717, 1.165) is 20.2 Å². The van der Waals surface area contributed by atoms with Gasteiger partial charge in [0.1, 0.15) is 30.1 Å². The Bertz CT molecular complexity index is 3830. The van der Waals surface area contributed by atoms with Crippen LogP contribution in [0.5, 0.6) is 0 Å². The van der Waals surface area contributed by atoms with E-state index in [4.69, 9.17) is 37.4 Å². The van der Waals surface area contributed by atoms with Gasteiger partial charge in [0.15, 0.2) is 45.0 Å². The highest BCUT2D eigenvalue weighted by atomic mass is 35.5. The third kappa shape index (κ3) is 14.1. The summed E-state index contributed by atoms with van der Waals surface area (Å²) in [5, 5.41) is 15.3. The van der Waals surface area contributed by atoms with Crippen LogP contribution >= 0.6 is 23.2 Å². The van der Waals surface area contributed by atoms with Crippen LogP contribution in [0.3, 0.4) is 0 Å². The Morgan fingerprint density at radius 2 is 1.06 bits per heavy atom. The maximum atomic E-state index is 14.3. The fraction of sp³-hybridized carbons (Fsp3) is 0.491. The summed E-state index contributed by atoms with van der Waals surface area (Å²) in [4.78, 5) is 87.5. The van der Waals surface area contributed by atoms with Crippen LogP contribution in [0.4, 0.5) is 62.7 Å². The number of hydrogen-bond donors (Lipinski definition) is 3. The highest BCUT2D eigenvalue weighted by Crippen LogP contribution is 2.36. The van der Waals surface area contributed by atoms with Crippen molar-refractivity contribution in [3.8, 4) is 0 Å². The van der Waals surface area contributed by atoms with E-state index in [-0.39, 0.29) is 61.2 Å². The van der Waals surface area contributed by atoms with Crippen molar-refractivity contribution in [1.82, 2.24) is 58.5 Å². The Balaban J connectivity index is 0.000000210. The summed E-state index contributed by atoms with van der Waals surface area (Å²) in [6.07, 6.45) is -5.34. The van der Waals surface area contributed by atoms with Crippen LogP contribution in [0, 0.1) is 11.6 Å². The van der Waals surface area contributed by atoms with Crippen molar-refractivity contribution in [2.45, 2.75) is 91.3 Å². The molecule has 2 fully saturated rings. The van der Waals surface area contributed by atoms with Crippen LogP contribution in [0.15, 0.2) is 33.9 Å². The van der Waals surface area contributed by atoms with E-state index in [2.05, 4.69) is 46.1 Å². The van der Waals surface area contributed by atoms with Crippen molar-refractivity contribution >= 4 is 86.6 Å². The minimum atomic E-state index is -5.09. The summed E-state index contributed by atoms with van der Waals surface area (Å²) in [7, 11) is 0. The quantitative estimate of drug-likeness (QED) is 0.0854. The zero-order valence-electron chi connectivity index (χ0n) is 47.4. The number of ether oxygens (including phenoxy) is 3. The summed E-state index contributed by atoms with van der Waals surface area (Å²) in [6, 6.07) is 0.914. The van der Waals surface area contributed by atoms with Crippen LogP contribution in [0.25, 0.3) is 22.7 Å². The number of anilines is 4. The zero-order chi connectivity index (χ0) is 62.9. The molecule has 2 saturated heterocycles. The summed E-state index contributed by atoms with van der Waals surface area (Å²) in [5.41, 5.74) is -2.93. The molecule has 0 unspecified atom stereocenters. The Hall–Kier alpha value is -7.81. The molecule has 0 aliphatic carbocycles. The number of halogens is 10. The smallest absolute Gasteiger partial charge is 0.436 e. The molecule has 6 aromatic rings. The second-order valence-electron chi connectivity index (χ2n) is 21.1. The standard InChI is InChI=1S/C29H33ClF4N8O5.C24H25ClF4N8O3/c1-5-19-21(39-8-10-40(11-9-39)27(45)47-28(2,3)4)25(44)42-26(37-24(38-42)16-6-12-46-13-7-16)41(19)15-20(43)35-18-14-17(31)22(29(32,33)34)36-23(18)30;1-2-16-18(35-7-5-30-6-8-35)22(39)37-23(33-21(34-37)13-3-9-40-10-4-13)36(16)12-17(38)31-15-11-14(26)19(24(27,28)29)32-20(15)25/h6,14H,5,7-13,15H2,1-4H3,(H,35,43);3,11,30H,2,4-10,12H2,1H3,(H,31,38). The molecule has 4 aliphatic rings. The average molecular weight is 1270 g/mol. The molecule has 0 bridgehead atoms. The molecule has 468 valence electrons. The highest BCUT2D eigenvalue weighted by molar-refractivity contribution is 6.33. The topological polar surface area (TPSA) is 255 Å². The maximum absolute atomic E-state index is 14.3. The van der Waals surface area contributed by atoms with Crippen molar-refractivity contribution in [2.24, 2.45) is 0 Å². The second kappa shape index (κ2) is 25.9. The number of carbonyl (C=O) groups is 3. The summed E-state index contributed by atoms with van der Waals surface area (Å²) in [5.74, 6) is -4.19. The van der Waals surface area contributed by atoms with Crippen molar-refractivity contribution in [3.05, 3.63) is 101 Å². The molecular formula is C53H58Cl2F8N16O8. The third-order valence-electron chi connectivity index (χ3n) is 14.1. The zero-order valence-corrected chi connectivity index (χ0v) is 48.9. The molecule has 0 aromatic carbocycles. The fourth-order valence-electron chi connectivity index (χ4n) is 10.1. The van der Waals surface area contributed by atoms with Gasteiger partial charge >= 0.3 is 18.4 Å². The SMILES string of the molecule is CCc1c(N2CCN(C(=O)OC(C)(C)C)CC2)c(=O)n2nc(C3=CCOCC3)nc2n1CC(=O)Nc1cc(F)c(C(F)(F)F)nc1Cl.CCc1c(N2CCNCC2)c(=O)n2nc(C3=CCOCC3)nc2n1CC(=O)Nc1cc(F)c(C(F)(F)F)nc1Cl. The van der Waals surface area contributed by atoms with Crippen LogP contribution in [0.2, 0.25) is 10.3 Å². The van der Waals surface area contributed by atoms with Gasteiger partial charge in [-0.3, -0.25) is 19.2 Å². The molecule has 87 heavy (non-hydrogen) atoms. The van der Waals surface area contributed by atoms with Crippen molar-refractivity contribution < 1.29 is 63.7 Å². The normalized spacial score (nSPS) is 16.1. The van der Waals surface area contributed by atoms with E-state index in [1.165, 1.54) is 9.13 Å². The minimum absolute atomic E-state index is 0.0448. The number of aromatic nitrogens is 10. The van der Waals surface area contributed by atoms with Gasteiger partial charge in [-0.2, -0.15) is 45.3 Å². The van der Waals surface area contributed by atoms with Gasteiger partial charge in [0.25, 0.3) is 11.1 Å². The molecule has 3 N–H and O–H groups in total. The van der Waals surface area contributed by atoms with Crippen LogP contribution < -0.4 is 36.9 Å². The van der Waals surface area contributed by atoms with Gasteiger partial charge in [-0.15, -0.1) is 10.2 Å². The van der Waals surface area contributed by atoms with E-state index in [0.29, 0.717) is 107 Å². The van der Waals surface area contributed by atoms with Gasteiger partial charge in [0, 0.05) is 64.5 Å². The molecule has 0 radical (unpaired) electrons. The van der Waals surface area contributed by atoms with Gasteiger partial charge in [0.05, 0.1) is 49.2 Å². The number of amides is 3. The number of hydrogen-bond acceptors (Lipinski definition) is 17. The molecule has 10 heterocycles. The number of piperazine rings is 2. The minimum Gasteiger partial charge on any atom is -0.444 e. The number of fused-ring (bicyclic) bond motifs is 2. The number of nitrogens with one attached hydrogen (secondary N) is 3. The largest absolute Gasteiger partial charge is 0.444 e. The lowest BCUT2D eigenvalue weighted by Gasteiger charge is -2.37. The second-order valence-corrected chi connectivity index (χ2v) is 21.8. The van der Waals surface area contributed by atoms with Crippen LogP contribution in [0.1, 0.15) is 81.9 Å². The Morgan fingerprint density at radius 1 is 0.644 bits per heavy atom.